The normalized spacial score (nSPS) is 20.6. The lowest BCUT2D eigenvalue weighted by molar-refractivity contribution is -0.138. The van der Waals surface area contributed by atoms with E-state index in [1.807, 2.05) is 19.1 Å². The molecule has 0 amide bonds. The minimum atomic E-state index is -0.863. The molecule has 2 unspecified atom stereocenters. The molecule has 84 valence electrons. The molecule has 3 nitrogen and oxygen atoms in total. The van der Waals surface area contributed by atoms with Gasteiger partial charge in [-0.3, -0.25) is 9.59 Å². The standard InChI is InChI=1S/C13H14O3/c1-7-5-10-4-3-9(8(2)13(15)16)6-11(10)12(7)14/h3-4,6-8H,5H2,1-2H3,(H,15,16). The maximum Gasteiger partial charge on any atom is 0.310 e. The summed E-state index contributed by atoms with van der Waals surface area (Å²) in [6.45, 7) is 3.54. The van der Waals surface area contributed by atoms with E-state index in [9.17, 15) is 9.59 Å². The SMILES string of the molecule is CC1Cc2ccc(C(C)C(=O)O)cc2C1=O. The molecule has 0 aliphatic heterocycles. The average molecular weight is 218 g/mol. The van der Waals surface area contributed by atoms with Crippen molar-refractivity contribution < 1.29 is 14.7 Å². The van der Waals surface area contributed by atoms with Crippen LogP contribution in [0.5, 0.6) is 0 Å². The van der Waals surface area contributed by atoms with E-state index in [0.717, 1.165) is 12.0 Å². The fourth-order valence-electron chi connectivity index (χ4n) is 2.10. The van der Waals surface area contributed by atoms with Crippen LogP contribution in [0, 0.1) is 5.92 Å². The zero-order valence-corrected chi connectivity index (χ0v) is 9.36. The molecule has 1 aromatic rings. The number of carboxylic acids is 1. The highest BCUT2D eigenvalue weighted by molar-refractivity contribution is 6.02. The van der Waals surface area contributed by atoms with Crippen LogP contribution in [0.3, 0.4) is 0 Å². The Morgan fingerprint density at radius 1 is 1.50 bits per heavy atom. The number of Topliss-reactive ketones (excluding diaryl/α,β-unsaturated/α-hetero) is 1. The van der Waals surface area contributed by atoms with Crippen molar-refractivity contribution in [3.8, 4) is 0 Å². The van der Waals surface area contributed by atoms with E-state index >= 15 is 0 Å². The van der Waals surface area contributed by atoms with Gasteiger partial charge in [0.15, 0.2) is 5.78 Å². The predicted molar refractivity (Wildman–Crippen MR) is 59.7 cm³/mol. The van der Waals surface area contributed by atoms with Gasteiger partial charge >= 0.3 is 5.97 Å². The highest BCUT2D eigenvalue weighted by atomic mass is 16.4. The first-order valence-corrected chi connectivity index (χ1v) is 5.40. The average Bonchev–Trinajstić information content (AvgIpc) is 2.53. The monoisotopic (exact) mass is 218 g/mol. The van der Waals surface area contributed by atoms with Crippen molar-refractivity contribution in [3.05, 3.63) is 34.9 Å². The molecule has 0 fully saturated rings. The molecule has 0 bridgehead atoms. The van der Waals surface area contributed by atoms with Crippen LogP contribution in [0.25, 0.3) is 0 Å². The summed E-state index contributed by atoms with van der Waals surface area (Å²) in [5, 5.41) is 8.92. The maximum absolute atomic E-state index is 11.8. The summed E-state index contributed by atoms with van der Waals surface area (Å²) in [4.78, 5) is 22.7. The predicted octanol–water partition coefficient (Wildman–Crippen LogP) is 2.25. The number of carbonyl (C=O) groups excluding carboxylic acids is 1. The Morgan fingerprint density at radius 2 is 2.19 bits per heavy atom. The molecule has 0 heterocycles. The van der Waals surface area contributed by atoms with Crippen molar-refractivity contribution >= 4 is 11.8 Å². The Kier molecular flexibility index (Phi) is 2.54. The highest BCUT2D eigenvalue weighted by Crippen LogP contribution is 2.29. The van der Waals surface area contributed by atoms with Gasteiger partial charge in [0.05, 0.1) is 5.92 Å². The molecule has 3 heteroatoms. The van der Waals surface area contributed by atoms with Crippen LogP contribution in [-0.2, 0) is 11.2 Å². The van der Waals surface area contributed by atoms with Gasteiger partial charge in [-0.2, -0.15) is 0 Å². The van der Waals surface area contributed by atoms with E-state index in [0.29, 0.717) is 11.1 Å². The number of ketones is 1. The first kappa shape index (κ1) is 10.9. The fraction of sp³-hybridized carbons (Fsp3) is 0.385. The van der Waals surface area contributed by atoms with Crippen LogP contribution >= 0.6 is 0 Å². The van der Waals surface area contributed by atoms with Crippen LogP contribution in [0.4, 0.5) is 0 Å². The summed E-state index contributed by atoms with van der Waals surface area (Å²) in [7, 11) is 0. The van der Waals surface area contributed by atoms with E-state index < -0.39 is 11.9 Å². The first-order valence-electron chi connectivity index (χ1n) is 5.40. The van der Waals surface area contributed by atoms with E-state index in [-0.39, 0.29) is 11.7 Å². The second-order valence-electron chi connectivity index (χ2n) is 4.45. The molecule has 1 aromatic carbocycles. The molecule has 0 spiro atoms. The molecule has 1 N–H and O–H groups in total. The van der Waals surface area contributed by atoms with Crippen molar-refractivity contribution in [2.75, 3.05) is 0 Å². The van der Waals surface area contributed by atoms with Crippen molar-refractivity contribution in [2.45, 2.75) is 26.2 Å². The third kappa shape index (κ3) is 1.62. The summed E-state index contributed by atoms with van der Waals surface area (Å²) in [6, 6.07) is 5.42. The summed E-state index contributed by atoms with van der Waals surface area (Å²) >= 11 is 0. The lowest BCUT2D eigenvalue weighted by atomic mass is 9.97. The Balaban J connectivity index is 2.41. The molecule has 1 aliphatic carbocycles. The molecule has 2 rings (SSSR count). The Hall–Kier alpha value is -1.64. The van der Waals surface area contributed by atoms with Crippen molar-refractivity contribution in [3.63, 3.8) is 0 Å². The smallest absolute Gasteiger partial charge is 0.310 e. The zero-order chi connectivity index (χ0) is 11.9. The quantitative estimate of drug-likeness (QED) is 0.828. The highest BCUT2D eigenvalue weighted by Gasteiger charge is 2.28. The van der Waals surface area contributed by atoms with Gasteiger partial charge in [-0.05, 0) is 30.5 Å². The molecule has 0 radical (unpaired) electrons. The second kappa shape index (κ2) is 3.74. The summed E-state index contributed by atoms with van der Waals surface area (Å²) < 4.78 is 0. The number of aliphatic carboxylic acids is 1. The fourth-order valence-corrected chi connectivity index (χ4v) is 2.10. The van der Waals surface area contributed by atoms with Crippen molar-refractivity contribution in [1.29, 1.82) is 0 Å². The number of carbonyl (C=O) groups is 2. The lowest BCUT2D eigenvalue weighted by Gasteiger charge is -2.08. The topological polar surface area (TPSA) is 54.4 Å². The van der Waals surface area contributed by atoms with E-state index in [2.05, 4.69) is 0 Å². The van der Waals surface area contributed by atoms with E-state index in [1.54, 1.807) is 13.0 Å². The number of carboxylic acid groups (broad SMARTS) is 1. The van der Waals surface area contributed by atoms with Gasteiger partial charge in [0.25, 0.3) is 0 Å². The summed E-state index contributed by atoms with van der Waals surface area (Å²) in [5.74, 6) is -1.26. The van der Waals surface area contributed by atoms with Gasteiger partial charge in [-0.25, -0.2) is 0 Å². The van der Waals surface area contributed by atoms with E-state index in [4.69, 9.17) is 5.11 Å². The molecule has 1 aliphatic rings. The molecule has 0 saturated heterocycles. The number of rotatable bonds is 2. The Labute approximate surface area is 94.1 Å². The third-order valence-corrected chi connectivity index (χ3v) is 3.24. The van der Waals surface area contributed by atoms with Crippen LogP contribution in [0.2, 0.25) is 0 Å². The summed E-state index contributed by atoms with van der Waals surface area (Å²) in [6.07, 6.45) is 0.774. The number of benzene rings is 1. The molecule has 0 saturated carbocycles. The second-order valence-corrected chi connectivity index (χ2v) is 4.45. The Morgan fingerprint density at radius 3 is 2.81 bits per heavy atom. The first-order chi connectivity index (χ1) is 7.50. The van der Waals surface area contributed by atoms with Gasteiger partial charge in [-0.15, -0.1) is 0 Å². The van der Waals surface area contributed by atoms with Gasteiger partial charge in [-0.1, -0.05) is 19.1 Å². The third-order valence-electron chi connectivity index (χ3n) is 3.24. The summed E-state index contributed by atoms with van der Waals surface area (Å²) in [5.41, 5.74) is 2.45. The minimum Gasteiger partial charge on any atom is -0.481 e. The minimum absolute atomic E-state index is 0.0328. The van der Waals surface area contributed by atoms with Crippen LogP contribution < -0.4 is 0 Å². The number of hydrogen-bond acceptors (Lipinski definition) is 2. The maximum atomic E-state index is 11.8. The van der Waals surface area contributed by atoms with Gasteiger partial charge in [0.2, 0.25) is 0 Å². The lowest BCUT2D eigenvalue weighted by Crippen LogP contribution is -2.08. The van der Waals surface area contributed by atoms with Gasteiger partial charge < -0.3 is 5.11 Å². The van der Waals surface area contributed by atoms with Gasteiger partial charge in [0.1, 0.15) is 0 Å². The van der Waals surface area contributed by atoms with Crippen LogP contribution in [-0.4, -0.2) is 16.9 Å². The van der Waals surface area contributed by atoms with Crippen molar-refractivity contribution in [1.82, 2.24) is 0 Å². The molecule has 2 atom stereocenters. The van der Waals surface area contributed by atoms with Gasteiger partial charge in [0, 0.05) is 11.5 Å². The number of fused-ring (bicyclic) bond motifs is 1. The largest absolute Gasteiger partial charge is 0.481 e. The van der Waals surface area contributed by atoms with Crippen molar-refractivity contribution in [2.24, 2.45) is 5.92 Å². The zero-order valence-electron chi connectivity index (χ0n) is 9.36. The molecule has 16 heavy (non-hydrogen) atoms. The Bertz CT molecular complexity index is 462. The van der Waals surface area contributed by atoms with Crippen LogP contribution in [0.1, 0.15) is 41.3 Å². The van der Waals surface area contributed by atoms with Crippen LogP contribution in [0.15, 0.2) is 18.2 Å². The molecule has 0 aromatic heterocycles. The molecular weight excluding hydrogens is 204 g/mol. The molecular formula is C13H14O3. The van der Waals surface area contributed by atoms with E-state index in [1.165, 1.54) is 0 Å². The number of hydrogen-bond donors (Lipinski definition) is 1.